The first kappa shape index (κ1) is 13.4. The summed E-state index contributed by atoms with van der Waals surface area (Å²) in [5.41, 5.74) is 0. The fourth-order valence-electron chi connectivity index (χ4n) is 3.70. The van der Waals surface area contributed by atoms with Gasteiger partial charge in [-0.3, -0.25) is 4.79 Å². The summed E-state index contributed by atoms with van der Waals surface area (Å²) in [6.07, 6.45) is 10.2. The monoisotopic (exact) mass is 265 g/mol. The molecule has 4 nitrogen and oxygen atoms in total. The van der Waals surface area contributed by atoms with Crippen molar-refractivity contribution in [2.24, 2.45) is 5.92 Å². The van der Waals surface area contributed by atoms with Crippen LogP contribution in [0.15, 0.2) is 0 Å². The smallest absolute Gasteiger partial charge is 0.234 e. The third-order valence-corrected chi connectivity index (χ3v) is 4.90. The largest absolute Gasteiger partial charge is 0.352 e. The number of piperidine rings is 1. The Morgan fingerprint density at radius 1 is 1.05 bits per heavy atom. The summed E-state index contributed by atoms with van der Waals surface area (Å²) in [4.78, 5) is 11.7. The molecule has 0 aromatic rings. The SMILES string of the molecule is O=C(CNC1CCCC1C1CCCCN1)NC1CC1. The predicted molar refractivity (Wildman–Crippen MR) is 75.9 cm³/mol. The molecule has 4 heteroatoms. The normalized spacial score (nSPS) is 35.3. The summed E-state index contributed by atoms with van der Waals surface area (Å²) in [5.74, 6) is 0.916. The number of amides is 1. The molecule has 19 heavy (non-hydrogen) atoms. The van der Waals surface area contributed by atoms with Gasteiger partial charge in [-0.25, -0.2) is 0 Å². The van der Waals surface area contributed by atoms with Crippen molar-refractivity contribution in [3.8, 4) is 0 Å². The Labute approximate surface area is 116 Å². The van der Waals surface area contributed by atoms with E-state index in [0.29, 0.717) is 24.7 Å². The van der Waals surface area contributed by atoms with Crippen molar-refractivity contribution in [3.63, 3.8) is 0 Å². The van der Waals surface area contributed by atoms with Crippen LogP contribution >= 0.6 is 0 Å². The van der Waals surface area contributed by atoms with E-state index in [1.807, 2.05) is 0 Å². The Hall–Kier alpha value is -0.610. The number of nitrogens with one attached hydrogen (secondary N) is 3. The van der Waals surface area contributed by atoms with Gasteiger partial charge in [0, 0.05) is 18.1 Å². The van der Waals surface area contributed by atoms with E-state index in [0.717, 1.165) is 5.92 Å². The van der Waals surface area contributed by atoms with Gasteiger partial charge < -0.3 is 16.0 Å². The Kier molecular flexibility index (Phi) is 4.38. The zero-order valence-electron chi connectivity index (χ0n) is 11.8. The zero-order valence-corrected chi connectivity index (χ0v) is 11.8. The van der Waals surface area contributed by atoms with E-state index in [9.17, 15) is 4.79 Å². The molecule has 1 saturated heterocycles. The van der Waals surface area contributed by atoms with E-state index in [2.05, 4.69) is 16.0 Å². The van der Waals surface area contributed by atoms with Crippen LogP contribution in [0.1, 0.15) is 51.4 Å². The molecule has 3 fully saturated rings. The van der Waals surface area contributed by atoms with Crippen molar-refractivity contribution < 1.29 is 4.79 Å². The van der Waals surface area contributed by atoms with E-state index in [4.69, 9.17) is 0 Å². The number of hydrogen-bond donors (Lipinski definition) is 3. The molecule has 1 heterocycles. The number of rotatable bonds is 5. The summed E-state index contributed by atoms with van der Waals surface area (Å²) in [6, 6.07) is 1.70. The van der Waals surface area contributed by atoms with Crippen LogP contribution in [-0.4, -0.2) is 37.1 Å². The lowest BCUT2D eigenvalue weighted by molar-refractivity contribution is -0.120. The molecule has 0 radical (unpaired) electrons. The van der Waals surface area contributed by atoms with Crippen molar-refractivity contribution in [1.82, 2.24) is 16.0 Å². The Balaban J connectivity index is 1.44. The highest BCUT2D eigenvalue weighted by Gasteiger charge is 2.34. The number of carbonyl (C=O) groups excluding carboxylic acids is 1. The van der Waals surface area contributed by atoms with Crippen LogP contribution in [0.5, 0.6) is 0 Å². The quantitative estimate of drug-likeness (QED) is 0.699. The summed E-state index contributed by atoms with van der Waals surface area (Å²) >= 11 is 0. The summed E-state index contributed by atoms with van der Waals surface area (Å²) in [5, 5.41) is 10.2. The molecule has 2 saturated carbocycles. The van der Waals surface area contributed by atoms with Crippen LogP contribution in [0.3, 0.4) is 0 Å². The van der Waals surface area contributed by atoms with Gasteiger partial charge in [-0.1, -0.05) is 12.8 Å². The third kappa shape index (κ3) is 3.69. The molecule has 3 aliphatic rings. The molecule has 3 N–H and O–H groups in total. The topological polar surface area (TPSA) is 53.2 Å². The van der Waals surface area contributed by atoms with Crippen LogP contribution in [0.25, 0.3) is 0 Å². The maximum Gasteiger partial charge on any atom is 0.234 e. The standard InChI is InChI=1S/C15H27N3O/c19-15(18-11-7-8-11)10-17-14-6-3-4-12(14)13-5-1-2-9-16-13/h11-14,16-17H,1-10H2,(H,18,19). The highest BCUT2D eigenvalue weighted by molar-refractivity contribution is 5.78. The van der Waals surface area contributed by atoms with Crippen molar-refractivity contribution in [1.29, 1.82) is 0 Å². The Morgan fingerprint density at radius 3 is 2.68 bits per heavy atom. The molecule has 3 atom stereocenters. The molecular formula is C15H27N3O. The molecule has 1 amide bonds. The van der Waals surface area contributed by atoms with Gasteiger partial charge in [-0.05, 0) is 51.0 Å². The second-order valence-corrected chi connectivity index (χ2v) is 6.48. The van der Waals surface area contributed by atoms with Gasteiger partial charge in [0.25, 0.3) is 0 Å². The van der Waals surface area contributed by atoms with Crippen molar-refractivity contribution in [3.05, 3.63) is 0 Å². The molecule has 2 aliphatic carbocycles. The fraction of sp³-hybridized carbons (Fsp3) is 0.933. The van der Waals surface area contributed by atoms with Gasteiger partial charge in [0.1, 0.15) is 0 Å². The van der Waals surface area contributed by atoms with Crippen molar-refractivity contribution in [2.75, 3.05) is 13.1 Å². The van der Waals surface area contributed by atoms with Gasteiger partial charge in [-0.15, -0.1) is 0 Å². The van der Waals surface area contributed by atoms with Crippen LogP contribution in [-0.2, 0) is 4.79 Å². The second kappa shape index (κ2) is 6.23. The molecule has 3 rings (SSSR count). The summed E-state index contributed by atoms with van der Waals surface area (Å²) < 4.78 is 0. The molecule has 3 unspecified atom stereocenters. The molecule has 0 bridgehead atoms. The average molecular weight is 265 g/mol. The Bertz CT molecular complexity index is 311. The van der Waals surface area contributed by atoms with Crippen LogP contribution in [0.2, 0.25) is 0 Å². The lowest BCUT2D eigenvalue weighted by Gasteiger charge is -2.33. The number of carbonyl (C=O) groups is 1. The summed E-state index contributed by atoms with van der Waals surface area (Å²) in [7, 11) is 0. The van der Waals surface area contributed by atoms with Crippen molar-refractivity contribution in [2.45, 2.75) is 69.5 Å². The first-order valence-electron chi connectivity index (χ1n) is 8.09. The molecule has 108 valence electrons. The molecule has 0 spiro atoms. The Morgan fingerprint density at radius 2 is 1.95 bits per heavy atom. The van der Waals surface area contributed by atoms with Gasteiger partial charge in [0.05, 0.1) is 6.54 Å². The third-order valence-electron chi connectivity index (χ3n) is 4.90. The van der Waals surface area contributed by atoms with E-state index in [1.165, 1.54) is 57.9 Å². The minimum Gasteiger partial charge on any atom is -0.352 e. The first-order chi connectivity index (χ1) is 9.33. The molecular weight excluding hydrogens is 238 g/mol. The lowest BCUT2D eigenvalue weighted by Crippen LogP contribution is -2.48. The van der Waals surface area contributed by atoms with Gasteiger partial charge in [0.15, 0.2) is 0 Å². The van der Waals surface area contributed by atoms with Crippen molar-refractivity contribution >= 4 is 5.91 Å². The molecule has 1 aliphatic heterocycles. The minimum absolute atomic E-state index is 0.185. The van der Waals surface area contributed by atoms with Crippen LogP contribution < -0.4 is 16.0 Å². The second-order valence-electron chi connectivity index (χ2n) is 6.48. The highest BCUT2D eigenvalue weighted by atomic mass is 16.2. The average Bonchev–Trinajstić information content (AvgIpc) is 3.12. The molecule has 0 aromatic carbocycles. The van der Waals surface area contributed by atoms with Gasteiger partial charge >= 0.3 is 0 Å². The zero-order chi connectivity index (χ0) is 13.1. The minimum atomic E-state index is 0.185. The fourth-order valence-corrected chi connectivity index (χ4v) is 3.70. The van der Waals surface area contributed by atoms with E-state index >= 15 is 0 Å². The van der Waals surface area contributed by atoms with E-state index in [1.54, 1.807) is 0 Å². The maximum absolute atomic E-state index is 11.7. The molecule has 0 aromatic heterocycles. The predicted octanol–water partition coefficient (Wildman–Crippen LogP) is 1.17. The van der Waals surface area contributed by atoms with Crippen LogP contribution in [0, 0.1) is 5.92 Å². The van der Waals surface area contributed by atoms with E-state index < -0.39 is 0 Å². The number of hydrogen-bond acceptors (Lipinski definition) is 3. The maximum atomic E-state index is 11.7. The van der Waals surface area contributed by atoms with Gasteiger partial charge in [-0.2, -0.15) is 0 Å². The lowest BCUT2D eigenvalue weighted by atomic mass is 9.88. The van der Waals surface area contributed by atoms with E-state index in [-0.39, 0.29) is 5.91 Å². The van der Waals surface area contributed by atoms with Crippen LogP contribution in [0.4, 0.5) is 0 Å². The summed E-state index contributed by atoms with van der Waals surface area (Å²) in [6.45, 7) is 1.68. The highest BCUT2D eigenvalue weighted by Crippen LogP contribution is 2.31. The van der Waals surface area contributed by atoms with Gasteiger partial charge in [0.2, 0.25) is 5.91 Å². The first-order valence-corrected chi connectivity index (χ1v) is 8.09.